The van der Waals surface area contributed by atoms with E-state index in [9.17, 15) is 9.18 Å². The van der Waals surface area contributed by atoms with Gasteiger partial charge in [0.05, 0.1) is 23.0 Å². The quantitative estimate of drug-likeness (QED) is 0.292. The zero-order valence-corrected chi connectivity index (χ0v) is 21.7. The Morgan fingerprint density at radius 2 is 2.03 bits per heavy atom. The molecular weight excluding hydrogens is 487 g/mol. The summed E-state index contributed by atoms with van der Waals surface area (Å²) in [6.45, 7) is 6.88. The lowest BCUT2D eigenvalue weighted by atomic mass is 10.2. The number of nitrogens with zero attached hydrogens (tertiary/aromatic N) is 4. The van der Waals surface area contributed by atoms with Crippen LogP contribution < -0.4 is 5.32 Å². The van der Waals surface area contributed by atoms with Crippen LogP contribution >= 0.6 is 11.8 Å². The number of hydrogen-bond acceptors (Lipinski definition) is 5. The van der Waals surface area contributed by atoms with Crippen molar-refractivity contribution < 1.29 is 9.18 Å². The van der Waals surface area contributed by atoms with Gasteiger partial charge in [-0.15, -0.1) is 0 Å². The van der Waals surface area contributed by atoms with Gasteiger partial charge in [-0.3, -0.25) is 14.6 Å². The molecule has 7 nitrogen and oxygen atoms in total. The highest BCUT2D eigenvalue weighted by atomic mass is 32.2. The van der Waals surface area contributed by atoms with E-state index in [0.717, 1.165) is 46.6 Å². The van der Waals surface area contributed by atoms with E-state index < -0.39 is 0 Å². The standard InChI is InChI=1S/C28H31FN6OS/c1-2-30-28(36)24-9-7-21(29)16-27(24)37-22-8-10-23-25(32-33-26(23)17-22)11-6-20-18-31-35(19-20)15-5-14-34-12-3-4-13-34/h6-11,16-19H,2-5,12-15H2,1H3,(H,30,36)(H,32,33)/b11-6+. The van der Waals surface area contributed by atoms with Gasteiger partial charge >= 0.3 is 0 Å². The minimum Gasteiger partial charge on any atom is -0.352 e. The summed E-state index contributed by atoms with van der Waals surface area (Å²) in [6.07, 6.45) is 11.7. The number of rotatable bonds is 10. The Morgan fingerprint density at radius 1 is 1.16 bits per heavy atom. The van der Waals surface area contributed by atoms with Crippen molar-refractivity contribution in [1.82, 2.24) is 30.2 Å². The molecule has 0 radical (unpaired) electrons. The number of benzene rings is 2. The zero-order valence-electron chi connectivity index (χ0n) is 20.9. The average molecular weight is 519 g/mol. The summed E-state index contributed by atoms with van der Waals surface area (Å²) in [5, 5.41) is 15.8. The van der Waals surface area contributed by atoms with E-state index in [2.05, 4.69) is 31.7 Å². The van der Waals surface area contributed by atoms with Crippen molar-refractivity contribution in [2.45, 2.75) is 42.5 Å². The topological polar surface area (TPSA) is 78.8 Å². The number of aromatic nitrogens is 4. The lowest BCUT2D eigenvalue weighted by Gasteiger charge is -2.13. The Balaban J connectivity index is 1.25. The van der Waals surface area contributed by atoms with Crippen LogP contribution in [0.1, 0.15) is 47.8 Å². The number of H-pyrrole nitrogens is 1. The van der Waals surface area contributed by atoms with Crippen molar-refractivity contribution in [2.75, 3.05) is 26.2 Å². The first-order chi connectivity index (χ1) is 18.1. The molecular formula is C28H31FN6OS. The Bertz CT molecular complexity index is 1400. The molecule has 1 aliphatic rings. The van der Waals surface area contributed by atoms with E-state index in [1.807, 2.05) is 48.2 Å². The Morgan fingerprint density at radius 3 is 2.86 bits per heavy atom. The number of aromatic amines is 1. The number of carbonyl (C=O) groups is 1. The molecule has 3 heterocycles. The fraction of sp³-hybridized carbons (Fsp3) is 0.321. The Kier molecular flexibility index (Phi) is 8.01. The molecule has 9 heteroatoms. The van der Waals surface area contributed by atoms with Crippen LogP contribution in [0.25, 0.3) is 23.1 Å². The number of aryl methyl sites for hydroxylation is 1. The summed E-state index contributed by atoms with van der Waals surface area (Å²) in [5.74, 6) is -0.588. The highest BCUT2D eigenvalue weighted by molar-refractivity contribution is 7.99. The van der Waals surface area contributed by atoms with E-state index in [0.29, 0.717) is 17.0 Å². The first kappa shape index (κ1) is 25.2. The van der Waals surface area contributed by atoms with E-state index in [4.69, 9.17) is 0 Å². The van der Waals surface area contributed by atoms with Crippen molar-refractivity contribution in [1.29, 1.82) is 0 Å². The SMILES string of the molecule is CCNC(=O)c1ccc(F)cc1Sc1ccc2c(/C=C/c3cnn(CCCN4CCCC4)c3)n[nH]c2c1. The van der Waals surface area contributed by atoms with Gasteiger partial charge in [0.25, 0.3) is 5.91 Å². The van der Waals surface area contributed by atoms with Crippen LogP contribution in [-0.4, -0.2) is 57.0 Å². The van der Waals surface area contributed by atoms with Gasteiger partial charge in [-0.1, -0.05) is 11.8 Å². The van der Waals surface area contributed by atoms with Gasteiger partial charge in [0.1, 0.15) is 5.82 Å². The molecule has 1 aliphatic heterocycles. The van der Waals surface area contributed by atoms with Crippen molar-refractivity contribution in [3.8, 4) is 0 Å². The number of hydrogen-bond donors (Lipinski definition) is 2. The minimum atomic E-state index is -0.375. The minimum absolute atomic E-state index is 0.213. The lowest BCUT2D eigenvalue weighted by Crippen LogP contribution is -2.23. The molecule has 2 aromatic heterocycles. The molecule has 192 valence electrons. The number of halogens is 1. The predicted molar refractivity (Wildman–Crippen MR) is 146 cm³/mol. The maximum Gasteiger partial charge on any atom is 0.252 e. The normalized spacial score (nSPS) is 14.2. The molecule has 0 spiro atoms. The van der Waals surface area contributed by atoms with Gasteiger partial charge in [-0.2, -0.15) is 10.2 Å². The van der Waals surface area contributed by atoms with Crippen LogP contribution in [0.3, 0.4) is 0 Å². The van der Waals surface area contributed by atoms with E-state index >= 15 is 0 Å². The Hall–Kier alpha value is -3.43. The van der Waals surface area contributed by atoms with Crippen LogP contribution in [0.15, 0.2) is 58.6 Å². The third kappa shape index (κ3) is 6.29. The second-order valence-corrected chi connectivity index (χ2v) is 10.3. The maximum atomic E-state index is 13.9. The zero-order chi connectivity index (χ0) is 25.6. The summed E-state index contributed by atoms with van der Waals surface area (Å²) >= 11 is 1.35. The van der Waals surface area contributed by atoms with E-state index in [1.54, 1.807) is 0 Å². The number of amides is 1. The molecule has 0 aliphatic carbocycles. The number of nitrogens with one attached hydrogen (secondary N) is 2. The molecule has 0 saturated carbocycles. The third-order valence-corrected chi connectivity index (χ3v) is 7.51. The van der Waals surface area contributed by atoms with Crippen molar-refractivity contribution in [3.63, 3.8) is 0 Å². The molecule has 0 unspecified atom stereocenters. The van der Waals surface area contributed by atoms with Crippen molar-refractivity contribution >= 4 is 40.7 Å². The molecule has 2 N–H and O–H groups in total. The molecule has 0 atom stereocenters. The molecule has 37 heavy (non-hydrogen) atoms. The molecule has 4 aromatic rings. The van der Waals surface area contributed by atoms with Crippen LogP contribution in [0.4, 0.5) is 4.39 Å². The first-order valence-electron chi connectivity index (χ1n) is 12.8. The molecule has 5 rings (SSSR count). The van der Waals surface area contributed by atoms with Gasteiger partial charge in [0.2, 0.25) is 0 Å². The Labute approximate surface area is 220 Å². The number of carbonyl (C=O) groups excluding carboxylic acids is 1. The summed E-state index contributed by atoms with van der Waals surface area (Å²) in [6, 6.07) is 10.2. The van der Waals surface area contributed by atoms with Gasteiger partial charge < -0.3 is 10.2 Å². The van der Waals surface area contributed by atoms with Crippen LogP contribution in [0.2, 0.25) is 0 Å². The van der Waals surface area contributed by atoms with Gasteiger partial charge in [0, 0.05) is 40.0 Å². The van der Waals surface area contributed by atoms with Gasteiger partial charge in [-0.25, -0.2) is 4.39 Å². The summed E-state index contributed by atoms with van der Waals surface area (Å²) in [4.78, 5) is 16.4. The second kappa shape index (κ2) is 11.7. The van der Waals surface area contributed by atoms with Crippen LogP contribution in [-0.2, 0) is 6.54 Å². The first-order valence-corrected chi connectivity index (χ1v) is 13.6. The largest absolute Gasteiger partial charge is 0.352 e. The second-order valence-electron chi connectivity index (χ2n) is 9.19. The number of likely N-dealkylation sites (tertiary alicyclic amines) is 1. The van der Waals surface area contributed by atoms with Gasteiger partial charge in [0.15, 0.2) is 0 Å². The maximum absolute atomic E-state index is 13.9. The summed E-state index contributed by atoms with van der Waals surface area (Å²) in [5.41, 5.74) is 3.20. The predicted octanol–water partition coefficient (Wildman–Crippen LogP) is 5.46. The van der Waals surface area contributed by atoms with Crippen molar-refractivity contribution in [2.24, 2.45) is 0 Å². The lowest BCUT2D eigenvalue weighted by molar-refractivity contribution is 0.0953. The summed E-state index contributed by atoms with van der Waals surface area (Å²) in [7, 11) is 0. The highest BCUT2D eigenvalue weighted by Gasteiger charge is 2.14. The molecule has 1 fully saturated rings. The summed E-state index contributed by atoms with van der Waals surface area (Å²) < 4.78 is 15.9. The fourth-order valence-corrected chi connectivity index (χ4v) is 5.60. The van der Waals surface area contributed by atoms with Crippen LogP contribution in [0, 0.1) is 5.82 Å². The molecule has 2 aromatic carbocycles. The third-order valence-electron chi connectivity index (χ3n) is 6.46. The highest BCUT2D eigenvalue weighted by Crippen LogP contribution is 2.33. The molecule has 0 bridgehead atoms. The fourth-order valence-electron chi connectivity index (χ4n) is 4.59. The molecule has 1 saturated heterocycles. The van der Waals surface area contributed by atoms with Gasteiger partial charge in [-0.05, 0) is 94.4 Å². The van der Waals surface area contributed by atoms with E-state index in [1.165, 1.54) is 55.9 Å². The average Bonchev–Trinajstić information content (AvgIpc) is 3.65. The number of fused-ring (bicyclic) bond motifs is 1. The van der Waals surface area contributed by atoms with E-state index in [-0.39, 0.29) is 11.7 Å². The molecule has 1 amide bonds. The smallest absolute Gasteiger partial charge is 0.252 e. The van der Waals surface area contributed by atoms with Crippen molar-refractivity contribution in [3.05, 3.63) is 71.4 Å². The van der Waals surface area contributed by atoms with Crippen LogP contribution in [0.5, 0.6) is 0 Å². The monoisotopic (exact) mass is 518 g/mol.